The van der Waals surface area contributed by atoms with Crippen LogP contribution >= 0.6 is 0 Å². The average Bonchev–Trinajstić information content (AvgIpc) is 2.27. The van der Waals surface area contributed by atoms with Crippen LogP contribution in [-0.2, 0) is 0 Å². The molecule has 0 saturated heterocycles. The summed E-state index contributed by atoms with van der Waals surface area (Å²) in [5.74, 6) is 0. The van der Waals surface area contributed by atoms with Gasteiger partial charge in [0, 0.05) is 29.3 Å². The molecule has 2 rings (SSSR count). The third-order valence-corrected chi connectivity index (χ3v) is 2.18. The van der Waals surface area contributed by atoms with Crippen molar-refractivity contribution in [3.63, 3.8) is 0 Å². The molecular formula is C10H6F2N2O2. The van der Waals surface area contributed by atoms with E-state index in [1.165, 1.54) is 24.4 Å². The summed E-state index contributed by atoms with van der Waals surface area (Å²) in [4.78, 5) is 13.7. The zero-order valence-corrected chi connectivity index (χ0v) is 7.93. The van der Waals surface area contributed by atoms with E-state index in [4.69, 9.17) is 0 Å². The molecule has 0 aliphatic heterocycles. The number of aromatic nitrogens is 1. The minimum absolute atomic E-state index is 0.201. The first-order valence-corrected chi connectivity index (χ1v) is 4.41. The van der Waals surface area contributed by atoms with Crippen LogP contribution < -0.4 is 0 Å². The lowest BCUT2D eigenvalue weighted by Crippen LogP contribution is -1.94. The maximum absolute atomic E-state index is 12.7. The highest BCUT2D eigenvalue weighted by molar-refractivity contribution is 5.84. The Morgan fingerprint density at radius 3 is 2.75 bits per heavy atom. The molecule has 0 N–H and O–H groups in total. The zero-order chi connectivity index (χ0) is 11.7. The number of nitro groups is 1. The van der Waals surface area contributed by atoms with Gasteiger partial charge in [0.2, 0.25) is 0 Å². The predicted molar refractivity (Wildman–Crippen MR) is 53.4 cm³/mol. The van der Waals surface area contributed by atoms with Crippen LogP contribution in [0.3, 0.4) is 0 Å². The molecule has 0 amide bonds. The van der Waals surface area contributed by atoms with E-state index in [1.807, 2.05) is 0 Å². The minimum Gasteiger partial charge on any atom is -0.258 e. The molecule has 2 aromatic rings. The van der Waals surface area contributed by atoms with Gasteiger partial charge in [-0.15, -0.1) is 0 Å². The normalized spacial score (nSPS) is 10.9. The van der Waals surface area contributed by atoms with E-state index in [0.717, 1.165) is 6.07 Å². The molecule has 0 radical (unpaired) electrons. The van der Waals surface area contributed by atoms with Gasteiger partial charge in [-0.05, 0) is 6.07 Å². The van der Waals surface area contributed by atoms with Crippen LogP contribution in [0.4, 0.5) is 14.5 Å². The van der Waals surface area contributed by atoms with E-state index in [-0.39, 0.29) is 22.2 Å². The molecule has 0 fully saturated rings. The Hall–Kier alpha value is -2.11. The Bertz CT molecular complexity index is 558. The highest BCUT2D eigenvalue weighted by Crippen LogP contribution is 2.30. The van der Waals surface area contributed by atoms with E-state index in [0.29, 0.717) is 0 Å². The van der Waals surface area contributed by atoms with E-state index in [2.05, 4.69) is 4.98 Å². The third-order valence-electron chi connectivity index (χ3n) is 2.18. The van der Waals surface area contributed by atoms with Crippen LogP contribution in [0.1, 0.15) is 12.0 Å². The van der Waals surface area contributed by atoms with Crippen LogP contribution in [-0.4, -0.2) is 9.91 Å². The van der Waals surface area contributed by atoms with E-state index >= 15 is 0 Å². The second kappa shape index (κ2) is 3.80. The van der Waals surface area contributed by atoms with E-state index in [1.54, 1.807) is 0 Å². The molecule has 6 heteroatoms. The Morgan fingerprint density at radius 2 is 2.12 bits per heavy atom. The number of pyridine rings is 1. The van der Waals surface area contributed by atoms with Gasteiger partial charge in [-0.25, -0.2) is 8.78 Å². The fourth-order valence-corrected chi connectivity index (χ4v) is 1.48. The number of halogens is 2. The number of rotatable bonds is 2. The molecular weight excluding hydrogens is 218 g/mol. The van der Waals surface area contributed by atoms with Crippen molar-refractivity contribution >= 4 is 16.6 Å². The highest BCUT2D eigenvalue weighted by atomic mass is 19.3. The number of non-ortho nitro benzene ring substituents is 1. The van der Waals surface area contributed by atoms with E-state index < -0.39 is 11.3 Å². The van der Waals surface area contributed by atoms with Gasteiger partial charge < -0.3 is 0 Å². The second-order valence-electron chi connectivity index (χ2n) is 3.16. The van der Waals surface area contributed by atoms with Gasteiger partial charge in [0.15, 0.2) is 0 Å². The number of benzene rings is 1. The van der Waals surface area contributed by atoms with Crippen LogP contribution in [0.5, 0.6) is 0 Å². The topological polar surface area (TPSA) is 56.0 Å². The molecule has 0 unspecified atom stereocenters. The summed E-state index contributed by atoms with van der Waals surface area (Å²) in [7, 11) is 0. The maximum Gasteiger partial charge on any atom is 0.272 e. The molecule has 82 valence electrons. The summed E-state index contributed by atoms with van der Waals surface area (Å²) in [5, 5.41) is 10.8. The monoisotopic (exact) mass is 224 g/mol. The predicted octanol–water partition coefficient (Wildman–Crippen LogP) is 3.08. The summed E-state index contributed by atoms with van der Waals surface area (Å²) < 4.78 is 25.4. The Labute approximate surface area is 88.7 Å². The first-order chi connectivity index (χ1) is 7.59. The Kier molecular flexibility index (Phi) is 2.47. The molecule has 1 heterocycles. The van der Waals surface area contributed by atoms with Gasteiger partial charge in [0.05, 0.1) is 10.4 Å². The molecule has 0 atom stereocenters. The summed E-state index contributed by atoms with van der Waals surface area (Å²) in [6.45, 7) is 0. The van der Waals surface area contributed by atoms with E-state index in [9.17, 15) is 18.9 Å². The summed E-state index contributed by atoms with van der Waals surface area (Å²) in [5.41, 5.74) is -0.536. The molecule has 0 spiro atoms. The molecule has 0 aliphatic carbocycles. The van der Waals surface area contributed by atoms with Gasteiger partial charge in [-0.2, -0.15) is 0 Å². The highest BCUT2D eigenvalue weighted by Gasteiger charge is 2.17. The Morgan fingerprint density at radius 1 is 1.38 bits per heavy atom. The smallest absolute Gasteiger partial charge is 0.258 e. The fourth-order valence-electron chi connectivity index (χ4n) is 1.48. The van der Waals surface area contributed by atoms with Crippen molar-refractivity contribution in [2.75, 3.05) is 0 Å². The van der Waals surface area contributed by atoms with Crippen LogP contribution in [0.2, 0.25) is 0 Å². The maximum atomic E-state index is 12.7. The number of nitrogens with zero attached hydrogens (tertiary/aromatic N) is 2. The van der Waals surface area contributed by atoms with Crippen LogP contribution in [0.25, 0.3) is 10.9 Å². The van der Waals surface area contributed by atoms with Gasteiger partial charge in [-0.3, -0.25) is 15.1 Å². The summed E-state index contributed by atoms with van der Waals surface area (Å²) >= 11 is 0. The summed E-state index contributed by atoms with van der Waals surface area (Å²) in [6.07, 6.45) is -1.35. The fraction of sp³-hybridized carbons (Fsp3) is 0.100. The largest absolute Gasteiger partial charge is 0.272 e. The third kappa shape index (κ3) is 1.69. The molecule has 0 bridgehead atoms. The van der Waals surface area contributed by atoms with Gasteiger partial charge in [0.1, 0.15) is 0 Å². The van der Waals surface area contributed by atoms with Crippen molar-refractivity contribution in [3.8, 4) is 0 Å². The molecule has 0 saturated carbocycles. The minimum atomic E-state index is -2.76. The summed E-state index contributed by atoms with van der Waals surface area (Å²) in [6, 6.07) is 5.05. The molecule has 0 aliphatic rings. The second-order valence-corrected chi connectivity index (χ2v) is 3.16. The lowest BCUT2D eigenvalue weighted by molar-refractivity contribution is -0.384. The lowest BCUT2D eigenvalue weighted by Gasteiger charge is -2.04. The van der Waals surface area contributed by atoms with Crippen molar-refractivity contribution in [1.82, 2.24) is 4.98 Å². The van der Waals surface area contributed by atoms with Crippen molar-refractivity contribution in [2.24, 2.45) is 0 Å². The number of hydrogen-bond donors (Lipinski definition) is 0. The average molecular weight is 224 g/mol. The van der Waals surface area contributed by atoms with Crippen molar-refractivity contribution < 1.29 is 13.7 Å². The van der Waals surface area contributed by atoms with Crippen molar-refractivity contribution in [1.29, 1.82) is 0 Å². The molecule has 1 aromatic heterocycles. The molecule has 16 heavy (non-hydrogen) atoms. The number of hydrogen-bond acceptors (Lipinski definition) is 3. The lowest BCUT2D eigenvalue weighted by atomic mass is 10.1. The van der Waals surface area contributed by atoms with Gasteiger partial charge in [-0.1, -0.05) is 6.07 Å². The number of fused-ring (bicyclic) bond motifs is 1. The van der Waals surface area contributed by atoms with Crippen molar-refractivity contribution in [2.45, 2.75) is 6.43 Å². The first kappa shape index (κ1) is 10.4. The standard InChI is InChI=1S/C10H6F2N2O2/c11-10(12)8-4-6(14(15)16)5-9-7(8)2-1-3-13-9/h1-5,10H. The zero-order valence-electron chi connectivity index (χ0n) is 7.93. The van der Waals surface area contributed by atoms with Crippen molar-refractivity contribution in [3.05, 3.63) is 46.1 Å². The molecule has 1 aromatic carbocycles. The first-order valence-electron chi connectivity index (χ1n) is 4.41. The van der Waals surface area contributed by atoms with Gasteiger partial charge in [0.25, 0.3) is 12.1 Å². The number of alkyl halides is 2. The molecule has 4 nitrogen and oxygen atoms in total. The quantitative estimate of drug-likeness (QED) is 0.581. The van der Waals surface area contributed by atoms with Gasteiger partial charge >= 0.3 is 0 Å². The van der Waals surface area contributed by atoms with Crippen LogP contribution in [0, 0.1) is 10.1 Å². The number of nitro benzene ring substituents is 1. The SMILES string of the molecule is O=[N+]([O-])c1cc(C(F)F)c2cccnc2c1. The Balaban J connectivity index is 2.78. The van der Waals surface area contributed by atoms with Crippen LogP contribution in [0.15, 0.2) is 30.5 Å².